The van der Waals surface area contributed by atoms with E-state index < -0.39 is 0 Å². The molecule has 0 aliphatic heterocycles. The first-order chi connectivity index (χ1) is 16.7. The van der Waals surface area contributed by atoms with E-state index in [-0.39, 0.29) is 11.9 Å². The zero-order chi connectivity index (χ0) is 23.5. The lowest BCUT2D eigenvalue weighted by Gasteiger charge is -2.34. The number of ether oxygens (including phenoxy) is 1. The van der Waals surface area contributed by atoms with Crippen LogP contribution in [0.25, 0.3) is 21.3 Å². The summed E-state index contributed by atoms with van der Waals surface area (Å²) >= 11 is 8.20. The first-order valence-corrected chi connectivity index (χ1v) is 12.8. The Morgan fingerprint density at radius 2 is 1.97 bits per heavy atom. The van der Waals surface area contributed by atoms with Crippen LogP contribution in [0.2, 0.25) is 5.02 Å². The standard InChI is InChI=1S/C27H26ClN3O2S/c1-33-23-12-11-18(22-16-29-13-14-30-22)15-19(23)17-31(20-7-3-2-4-8-20)27(32)26-25(28)21-9-5-6-10-24(21)34-26/h5-6,9-16,20H,2-4,7-8,17H2,1H3. The predicted octanol–water partition coefficient (Wildman–Crippen LogP) is 7.00. The van der Waals surface area contributed by atoms with E-state index in [1.165, 1.54) is 17.8 Å². The number of hydrogen-bond acceptors (Lipinski definition) is 5. The van der Waals surface area contributed by atoms with Gasteiger partial charge in [-0.15, -0.1) is 11.3 Å². The molecule has 0 N–H and O–H groups in total. The Morgan fingerprint density at radius 1 is 1.15 bits per heavy atom. The molecule has 34 heavy (non-hydrogen) atoms. The molecular formula is C27H26ClN3O2S. The predicted molar refractivity (Wildman–Crippen MR) is 138 cm³/mol. The number of benzene rings is 2. The molecular weight excluding hydrogens is 466 g/mol. The van der Waals surface area contributed by atoms with Crippen molar-refractivity contribution in [2.24, 2.45) is 0 Å². The molecule has 1 fully saturated rings. The third-order valence-electron chi connectivity index (χ3n) is 6.49. The van der Waals surface area contributed by atoms with E-state index in [4.69, 9.17) is 16.3 Å². The van der Waals surface area contributed by atoms with Gasteiger partial charge in [0, 0.05) is 46.2 Å². The van der Waals surface area contributed by atoms with Gasteiger partial charge in [-0.2, -0.15) is 0 Å². The van der Waals surface area contributed by atoms with E-state index in [1.807, 2.05) is 41.3 Å². The van der Waals surface area contributed by atoms with Gasteiger partial charge in [-0.25, -0.2) is 0 Å². The van der Waals surface area contributed by atoms with Crippen molar-refractivity contribution in [2.75, 3.05) is 7.11 Å². The molecule has 2 aromatic carbocycles. The monoisotopic (exact) mass is 491 g/mol. The Hall–Kier alpha value is -2.96. The minimum absolute atomic E-state index is 0.00920. The Labute approximate surface area is 208 Å². The van der Waals surface area contributed by atoms with Crippen LogP contribution in [-0.4, -0.2) is 33.9 Å². The largest absolute Gasteiger partial charge is 0.496 e. The summed E-state index contributed by atoms with van der Waals surface area (Å²) in [5.74, 6) is 0.744. The highest BCUT2D eigenvalue weighted by atomic mass is 35.5. The van der Waals surface area contributed by atoms with Crippen LogP contribution in [0.4, 0.5) is 0 Å². The first-order valence-electron chi connectivity index (χ1n) is 11.6. The zero-order valence-electron chi connectivity index (χ0n) is 19.0. The van der Waals surface area contributed by atoms with Crippen LogP contribution in [0.15, 0.2) is 61.1 Å². The average Bonchev–Trinajstić information content (AvgIpc) is 3.24. The molecule has 174 valence electrons. The molecule has 0 unspecified atom stereocenters. The molecule has 0 atom stereocenters. The lowest BCUT2D eigenvalue weighted by Crippen LogP contribution is -2.40. The normalized spacial score (nSPS) is 14.3. The fourth-order valence-electron chi connectivity index (χ4n) is 4.73. The third-order valence-corrected chi connectivity index (χ3v) is 8.15. The van der Waals surface area contributed by atoms with E-state index in [0.717, 1.165) is 58.3 Å². The van der Waals surface area contributed by atoms with Gasteiger partial charge < -0.3 is 9.64 Å². The Bertz CT molecular complexity index is 1300. The van der Waals surface area contributed by atoms with Gasteiger partial charge in [0.25, 0.3) is 5.91 Å². The van der Waals surface area contributed by atoms with Crippen molar-refractivity contribution < 1.29 is 9.53 Å². The minimum Gasteiger partial charge on any atom is -0.496 e. The Balaban J connectivity index is 1.54. The molecule has 5 nitrogen and oxygen atoms in total. The number of hydrogen-bond donors (Lipinski definition) is 0. The third kappa shape index (κ3) is 4.52. The van der Waals surface area contributed by atoms with Crippen LogP contribution >= 0.6 is 22.9 Å². The van der Waals surface area contributed by atoms with Crippen molar-refractivity contribution in [3.63, 3.8) is 0 Å². The van der Waals surface area contributed by atoms with E-state index in [1.54, 1.807) is 25.7 Å². The molecule has 1 aliphatic rings. The molecule has 1 saturated carbocycles. The number of aromatic nitrogens is 2. The van der Waals surface area contributed by atoms with Crippen molar-refractivity contribution in [3.05, 3.63) is 76.5 Å². The summed E-state index contributed by atoms with van der Waals surface area (Å²) in [6, 6.07) is 14.1. The summed E-state index contributed by atoms with van der Waals surface area (Å²) in [7, 11) is 1.66. The number of nitrogens with zero attached hydrogens (tertiary/aromatic N) is 3. The molecule has 1 aliphatic carbocycles. The highest BCUT2D eigenvalue weighted by molar-refractivity contribution is 7.21. The number of amides is 1. The molecule has 0 radical (unpaired) electrons. The SMILES string of the molecule is COc1ccc(-c2cnccn2)cc1CN(C(=O)c1sc2ccccc2c1Cl)C1CCCCC1. The van der Waals surface area contributed by atoms with Gasteiger partial charge in [0.05, 0.1) is 24.0 Å². The summed E-state index contributed by atoms with van der Waals surface area (Å²) in [5, 5.41) is 1.48. The van der Waals surface area contributed by atoms with Crippen LogP contribution in [0.5, 0.6) is 5.75 Å². The fourth-order valence-corrected chi connectivity index (χ4v) is 6.20. The van der Waals surface area contributed by atoms with E-state index in [9.17, 15) is 4.79 Å². The van der Waals surface area contributed by atoms with Gasteiger partial charge in [-0.1, -0.05) is 49.1 Å². The van der Waals surface area contributed by atoms with E-state index >= 15 is 0 Å². The maximum absolute atomic E-state index is 14.0. The summed E-state index contributed by atoms with van der Waals surface area (Å²) < 4.78 is 6.71. The molecule has 2 aromatic heterocycles. The van der Waals surface area contributed by atoms with Crippen molar-refractivity contribution in [1.29, 1.82) is 0 Å². The fraction of sp³-hybridized carbons (Fsp3) is 0.296. The Morgan fingerprint density at radius 3 is 2.71 bits per heavy atom. The number of rotatable bonds is 6. The quantitative estimate of drug-likeness (QED) is 0.291. The number of fused-ring (bicyclic) bond motifs is 1. The molecule has 7 heteroatoms. The minimum atomic E-state index is -0.00920. The van der Waals surface area contributed by atoms with E-state index in [2.05, 4.69) is 16.0 Å². The van der Waals surface area contributed by atoms with E-state index in [0.29, 0.717) is 16.4 Å². The highest BCUT2D eigenvalue weighted by Crippen LogP contribution is 2.38. The van der Waals surface area contributed by atoms with Gasteiger partial charge in [0.1, 0.15) is 10.6 Å². The van der Waals surface area contributed by atoms with Crippen LogP contribution in [-0.2, 0) is 6.54 Å². The van der Waals surface area contributed by atoms with Crippen LogP contribution < -0.4 is 4.74 Å². The maximum atomic E-state index is 14.0. The van der Waals surface area contributed by atoms with Gasteiger partial charge in [0.2, 0.25) is 0 Å². The second kappa shape index (κ2) is 10.1. The summed E-state index contributed by atoms with van der Waals surface area (Å²) in [6.45, 7) is 0.450. The number of halogens is 1. The summed E-state index contributed by atoms with van der Waals surface area (Å²) in [6.07, 6.45) is 10.6. The molecule has 0 saturated heterocycles. The molecule has 2 heterocycles. The van der Waals surface area contributed by atoms with Crippen LogP contribution in [0, 0.1) is 0 Å². The molecule has 4 aromatic rings. The number of methoxy groups -OCH3 is 1. The number of carbonyl (C=O) groups is 1. The van der Waals surface area contributed by atoms with Crippen molar-refractivity contribution in [2.45, 2.75) is 44.7 Å². The Kier molecular flexibility index (Phi) is 6.79. The molecule has 1 amide bonds. The van der Waals surface area contributed by atoms with Crippen molar-refractivity contribution in [1.82, 2.24) is 14.9 Å². The number of thiophene rings is 1. The summed E-state index contributed by atoms with van der Waals surface area (Å²) in [5.41, 5.74) is 2.68. The van der Waals surface area contributed by atoms with Crippen molar-refractivity contribution in [3.8, 4) is 17.0 Å². The topological polar surface area (TPSA) is 55.3 Å². The van der Waals surface area contributed by atoms with Gasteiger partial charge in [-0.05, 0) is 37.1 Å². The van der Waals surface area contributed by atoms with Crippen molar-refractivity contribution >= 4 is 38.9 Å². The first kappa shape index (κ1) is 22.8. The second-order valence-electron chi connectivity index (χ2n) is 8.58. The molecule has 0 spiro atoms. The average molecular weight is 492 g/mol. The van der Waals surface area contributed by atoms with Gasteiger partial charge in [-0.3, -0.25) is 14.8 Å². The second-order valence-corrected chi connectivity index (χ2v) is 10.0. The maximum Gasteiger partial charge on any atom is 0.266 e. The van der Waals surface area contributed by atoms with Gasteiger partial charge in [0.15, 0.2) is 0 Å². The van der Waals surface area contributed by atoms with Crippen LogP contribution in [0.1, 0.15) is 47.3 Å². The summed E-state index contributed by atoms with van der Waals surface area (Å²) in [4.78, 5) is 25.2. The smallest absolute Gasteiger partial charge is 0.266 e. The van der Waals surface area contributed by atoms with Gasteiger partial charge >= 0.3 is 0 Å². The lowest BCUT2D eigenvalue weighted by molar-refractivity contribution is 0.0618. The highest BCUT2D eigenvalue weighted by Gasteiger charge is 2.30. The molecule has 5 rings (SSSR count). The number of carbonyl (C=O) groups excluding carboxylic acids is 1. The lowest BCUT2D eigenvalue weighted by atomic mass is 9.93. The van der Waals surface area contributed by atoms with Crippen LogP contribution in [0.3, 0.4) is 0 Å². The zero-order valence-corrected chi connectivity index (χ0v) is 20.6. The molecule has 0 bridgehead atoms.